The van der Waals surface area contributed by atoms with E-state index in [4.69, 9.17) is 11.6 Å². The summed E-state index contributed by atoms with van der Waals surface area (Å²) in [5, 5.41) is 0.796. The minimum absolute atomic E-state index is 0.796. The number of halogens is 1. The number of aromatic amines is 1. The third-order valence-electron chi connectivity index (χ3n) is 2.11. The van der Waals surface area contributed by atoms with Gasteiger partial charge in [0.25, 0.3) is 0 Å². The Bertz CT molecular complexity index is 395. The van der Waals surface area contributed by atoms with E-state index in [-0.39, 0.29) is 0 Å². The van der Waals surface area contributed by atoms with Crippen molar-refractivity contribution in [2.75, 3.05) is 0 Å². The van der Waals surface area contributed by atoms with Gasteiger partial charge in [0, 0.05) is 11.2 Å². The lowest BCUT2D eigenvalue weighted by atomic mass is 10.1. The number of hydrogen-bond donors (Lipinski definition) is 1. The second-order valence-corrected chi connectivity index (χ2v) is 3.63. The molecule has 1 aromatic carbocycles. The first kappa shape index (κ1) is 9.28. The lowest BCUT2D eigenvalue weighted by Gasteiger charge is -1.99. The molecule has 2 nitrogen and oxygen atoms in total. The van der Waals surface area contributed by atoms with Gasteiger partial charge in [-0.15, -0.1) is 0 Å². The predicted molar refractivity (Wildman–Crippen MR) is 57.4 cm³/mol. The summed E-state index contributed by atoms with van der Waals surface area (Å²) in [7, 11) is 0. The van der Waals surface area contributed by atoms with Gasteiger partial charge in [0.15, 0.2) is 0 Å². The quantitative estimate of drug-likeness (QED) is 0.822. The number of imidazole rings is 1. The molecule has 72 valence electrons. The average molecular weight is 207 g/mol. The van der Waals surface area contributed by atoms with Crippen LogP contribution >= 0.6 is 11.6 Å². The normalized spacial score (nSPS) is 10.4. The fraction of sp³-hybridized carbons (Fsp3) is 0.182. The van der Waals surface area contributed by atoms with Crippen LogP contribution in [0.4, 0.5) is 0 Å². The molecule has 0 radical (unpaired) electrons. The van der Waals surface area contributed by atoms with E-state index in [0.29, 0.717) is 0 Å². The number of H-pyrrole nitrogens is 1. The second-order valence-electron chi connectivity index (χ2n) is 3.19. The molecule has 2 rings (SSSR count). The van der Waals surface area contributed by atoms with Crippen molar-refractivity contribution >= 4 is 11.6 Å². The number of aryl methyl sites for hydroxylation is 2. The molecule has 0 bridgehead atoms. The van der Waals surface area contributed by atoms with E-state index in [1.807, 2.05) is 24.4 Å². The largest absolute Gasteiger partial charge is 0.351 e. The Morgan fingerprint density at radius 3 is 2.93 bits per heavy atom. The number of nitrogens with zero attached hydrogens (tertiary/aromatic N) is 1. The highest BCUT2D eigenvalue weighted by Gasteiger charge is 1.97. The Balaban J connectivity index is 1.98. The molecule has 0 spiro atoms. The molecule has 0 saturated heterocycles. The van der Waals surface area contributed by atoms with Gasteiger partial charge < -0.3 is 4.98 Å². The molecule has 3 heteroatoms. The van der Waals surface area contributed by atoms with Crippen molar-refractivity contribution in [1.29, 1.82) is 0 Å². The number of benzene rings is 1. The van der Waals surface area contributed by atoms with Crippen molar-refractivity contribution in [3.8, 4) is 0 Å². The van der Waals surface area contributed by atoms with E-state index < -0.39 is 0 Å². The summed E-state index contributed by atoms with van der Waals surface area (Å²) in [5.41, 5.74) is 2.34. The van der Waals surface area contributed by atoms with Crippen molar-refractivity contribution < 1.29 is 0 Å². The number of aromatic nitrogens is 2. The van der Waals surface area contributed by atoms with Gasteiger partial charge in [-0.05, 0) is 30.5 Å². The molecule has 0 saturated carbocycles. The molecule has 2 aromatic rings. The van der Waals surface area contributed by atoms with Gasteiger partial charge >= 0.3 is 0 Å². The zero-order chi connectivity index (χ0) is 9.80. The fourth-order valence-electron chi connectivity index (χ4n) is 1.39. The maximum absolute atomic E-state index is 5.88. The van der Waals surface area contributed by atoms with Crippen LogP contribution in [0, 0.1) is 0 Å². The summed E-state index contributed by atoms with van der Waals surface area (Å²) in [6, 6.07) is 7.94. The first-order valence-electron chi connectivity index (χ1n) is 4.57. The monoisotopic (exact) mass is 206 g/mol. The third kappa shape index (κ3) is 2.36. The summed E-state index contributed by atoms with van der Waals surface area (Å²) in [5.74, 6) is 0. The summed E-state index contributed by atoms with van der Waals surface area (Å²) < 4.78 is 0. The van der Waals surface area contributed by atoms with Crippen LogP contribution in [0.15, 0.2) is 36.8 Å². The Labute approximate surface area is 88.0 Å². The van der Waals surface area contributed by atoms with Crippen molar-refractivity contribution in [2.45, 2.75) is 12.8 Å². The standard InChI is InChI=1S/C11H11ClN2/c12-10-3-1-2-9(6-10)4-5-11-7-13-8-14-11/h1-3,6-8H,4-5H2,(H,13,14). The van der Waals surface area contributed by atoms with Crippen molar-refractivity contribution in [2.24, 2.45) is 0 Å². The van der Waals surface area contributed by atoms with Gasteiger partial charge in [0.05, 0.1) is 12.0 Å². The number of hydrogen-bond acceptors (Lipinski definition) is 1. The van der Waals surface area contributed by atoms with Crippen LogP contribution in [0.5, 0.6) is 0 Å². The maximum Gasteiger partial charge on any atom is 0.0923 e. The molecule has 14 heavy (non-hydrogen) atoms. The van der Waals surface area contributed by atoms with E-state index in [9.17, 15) is 0 Å². The van der Waals surface area contributed by atoms with E-state index >= 15 is 0 Å². The SMILES string of the molecule is Clc1cccc(CCc2c[nH]cn2)c1. The third-order valence-corrected chi connectivity index (χ3v) is 2.35. The van der Waals surface area contributed by atoms with Gasteiger partial charge in [-0.25, -0.2) is 4.98 Å². The molecule has 0 aliphatic carbocycles. The Kier molecular flexibility index (Phi) is 2.84. The van der Waals surface area contributed by atoms with Gasteiger partial charge in [-0.2, -0.15) is 0 Å². The molecule has 1 N–H and O–H groups in total. The van der Waals surface area contributed by atoms with Crippen LogP contribution < -0.4 is 0 Å². The topological polar surface area (TPSA) is 28.7 Å². The van der Waals surface area contributed by atoms with E-state index in [0.717, 1.165) is 23.6 Å². The summed E-state index contributed by atoms with van der Waals surface area (Å²) in [6.07, 6.45) is 5.55. The molecular formula is C11H11ClN2. The first-order chi connectivity index (χ1) is 6.84. The lowest BCUT2D eigenvalue weighted by molar-refractivity contribution is 0.925. The summed E-state index contributed by atoms with van der Waals surface area (Å²) >= 11 is 5.88. The maximum atomic E-state index is 5.88. The van der Waals surface area contributed by atoms with E-state index in [1.165, 1.54) is 5.56 Å². The minimum Gasteiger partial charge on any atom is -0.351 e. The van der Waals surface area contributed by atoms with Gasteiger partial charge in [-0.3, -0.25) is 0 Å². The van der Waals surface area contributed by atoms with Crippen LogP contribution in [0.2, 0.25) is 5.02 Å². The molecule has 0 amide bonds. The Morgan fingerprint density at radius 2 is 2.21 bits per heavy atom. The highest BCUT2D eigenvalue weighted by Crippen LogP contribution is 2.12. The summed E-state index contributed by atoms with van der Waals surface area (Å²) in [4.78, 5) is 7.11. The fourth-order valence-corrected chi connectivity index (χ4v) is 1.61. The molecule has 0 unspecified atom stereocenters. The molecule has 1 heterocycles. The number of rotatable bonds is 3. The molecule has 0 aliphatic rings. The van der Waals surface area contributed by atoms with Crippen LogP contribution in [0.3, 0.4) is 0 Å². The molecule has 0 fully saturated rings. The second kappa shape index (κ2) is 4.29. The Hall–Kier alpha value is -1.28. The van der Waals surface area contributed by atoms with Crippen LogP contribution in [0.25, 0.3) is 0 Å². The van der Waals surface area contributed by atoms with Crippen molar-refractivity contribution in [3.63, 3.8) is 0 Å². The molecule has 0 aliphatic heterocycles. The van der Waals surface area contributed by atoms with E-state index in [1.54, 1.807) is 6.33 Å². The van der Waals surface area contributed by atoms with Crippen LogP contribution in [0.1, 0.15) is 11.3 Å². The van der Waals surface area contributed by atoms with Gasteiger partial charge in [0.2, 0.25) is 0 Å². The predicted octanol–water partition coefficient (Wildman–Crippen LogP) is 2.85. The number of nitrogens with one attached hydrogen (secondary N) is 1. The van der Waals surface area contributed by atoms with Gasteiger partial charge in [0.1, 0.15) is 0 Å². The molecular weight excluding hydrogens is 196 g/mol. The highest BCUT2D eigenvalue weighted by molar-refractivity contribution is 6.30. The van der Waals surface area contributed by atoms with E-state index in [2.05, 4.69) is 16.0 Å². The zero-order valence-electron chi connectivity index (χ0n) is 7.70. The molecule has 1 aromatic heterocycles. The smallest absolute Gasteiger partial charge is 0.0923 e. The lowest BCUT2D eigenvalue weighted by Crippen LogP contribution is -1.90. The minimum atomic E-state index is 0.796. The van der Waals surface area contributed by atoms with Crippen LogP contribution in [-0.2, 0) is 12.8 Å². The first-order valence-corrected chi connectivity index (χ1v) is 4.94. The summed E-state index contributed by atoms with van der Waals surface area (Å²) in [6.45, 7) is 0. The molecule has 0 atom stereocenters. The van der Waals surface area contributed by atoms with Gasteiger partial charge in [-0.1, -0.05) is 23.7 Å². The highest BCUT2D eigenvalue weighted by atomic mass is 35.5. The van der Waals surface area contributed by atoms with Crippen LogP contribution in [-0.4, -0.2) is 9.97 Å². The van der Waals surface area contributed by atoms with Crippen molar-refractivity contribution in [1.82, 2.24) is 9.97 Å². The Morgan fingerprint density at radius 1 is 1.29 bits per heavy atom. The van der Waals surface area contributed by atoms with Crippen molar-refractivity contribution in [3.05, 3.63) is 53.1 Å². The zero-order valence-corrected chi connectivity index (χ0v) is 8.46. The average Bonchev–Trinajstić information content (AvgIpc) is 2.67.